The molecule has 1 saturated heterocycles. The number of benzene rings is 2. The zero-order valence-electron chi connectivity index (χ0n) is 23.3. The van der Waals surface area contributed by atoms with Crippen molar-refractivity contribution < 1.29 is 27.4 Å². The predicted molar refractivity (Wildman–Crippen MR) is 162 cm³/mol. The van der Waals surface area contributed by atoms with Gasteiger partial charge in [0.05, 0.1) is 38.4 Å². The number of hydrogen-bond acceptors (Lipinski definition) is 7. The highest BCUT2D eigenvalue weighted by Crippen LogP contribution is 2.30. The third kappa shape index (κ3) is 8.15. The van der Waals surface area contributed by atoms with Crippen LogP contribution in [0.3, 0.4) is 0 Å². The molecule has 0 N–H and O–H groups in total. The van der Waals surface area contributed by atoms with Gasteiger partial charge in [-0.2, -0.15) is 4.31 Å². The van der Waals surface area contributed by atoms with Gasteiger partial charge in [0.2, 0.25) is 15.9 Å². The van der Waals surface area contributed by atoms with Crippen molar-refractivity contribution in [2.24, 2.45) is 0 Å². The van der Waals surface area contributed by atoms with E-state index in [1.807, 2.05) is 37.3 Å². The minimum absolute atomic E-state index is 0.0402. The fourth-order valence-electron chi connectivity index (χ4n) is 4.68. The van der Waals surface area contributed by atoms with Crippen LogP contribution in [-0.2, 0) is 32.5 Å². The Morgan fingerprint density at radius 2 is 1.85 bits per heavy atom. The minimum Gasteiger partial charge on any atom is -0.493 e. The first-order chi connectivity index (χ1) is 19.6. The van der Waals surface area contributed by atoms with Crippen LogP contribution in [0.4, 0.5) is 0 Å². The summed E-state index contributed by atoms with van der Waals surface area (Å²) in [6.07, 6.45) is 1.77. The molecule has 0 saturated carbocycles. The van der Waals surface area contributed by atoms with Gasteiger partial charge in [-0.1, -0.05) is 29.3 Å². The first-order valence-electron chi connectivity index (χ1n) is 13.2. The smallest absolute Gasteiger partial charge is 0.245 e. The highest BCUT2D eigenvalue weighted by atomic mass is 35.5. The number of methoxy groups -OCH3 is 2. The van der Waals surface area contributed by atoms with E-state index in [-0.39, 0.29) is 40.0 Å². The Morgan fingerprint density at radius 3 is 2.51 bits per heavy atom. The molecule has 1 aliphatic rings. The van der Waals surface area contributed by atoms with Gasteiger partial charge < -0.3 is 19.1 Å². The van der Waals surface area contributed by atoms with Gasteiger partial charge in [-0.15, -0.1) is 11.3 Å². The Balaban J connectivity index is 1.60. The van der Waals surface area contributed by atoms with Gasteiger partial charge in [-0.25, -0.2) is 8.42 Å². The molecule has 3 aromatic rings. The minimum atomic E-state index is -4.16. The maximum absolute atomic E-state index is 13.9. The highest BCUT2D eigenvalue weighted by molar-refractivity contribution is 7.89. The molecule has 0 aliphatic carbocycles. The van der Waals surface area contributed by atoms with E-state index in [9.17, 15) is 13.2 Å². The average molecular weight is 642 g/mol. The van der Waals surface area contributed by atoms with E-state index < -0.39 is 10.0 Å². The number of carbonyl (C=O) groups excluding carboxylic acids is 1. The molecule has 4 rings (SSSR count). The Morgan fingerprint density at radius 1 is 1.07 bits per heavy atom. The number of aryl methyl sites for hydroxylation is 1. The summed E-state index contributed by atoms with van der Waals surface area (Å²) in [5.74, 6) is 0.896. The molecule has 1 atom stereocenters. The van der Waals surface area contributed by atoms with E-state index in [2.05, 4.69) is 0 Å². The lowest BCUT2D eigenvalue weighted by molar-refractivity contribution is -0.132. The van der Waals surface area contributed by atoms with Crippen molar-refractivity contribution in [3.05, 3.63) is 73.9 Å². The van der Waals surface area contributed by atoms with Crippen LogP contribution in [0.1, 0.15) is 28.2 Å². The van der Waals surface area contributed by atoms with Gasteiger partial charge in [-0.3, -0.25) is 4.79 Å². The zero-order valence-corrected chi connectivity index (χ0v) is 26.4. The molecule has 2 heterocycles. The Hall–Kier alpha value is -2.34. The number of hydrogen-bond donors (Lipinski definition) is 0. The standard InChI is InChI=1S/C29H34Cl2N2O6S2/c1-20-6-9-24(40-20)18-32(13-12-21-7-11-26(37-2)27(15-21)38-3)29(34)19-33(17-23-5-4-14-39-23)41(35,36)28-16-22(30)8-10-25(28)31/h6-11,15-16,23H,4-5,12-14,17-19H2,1-3H3. The van der Waals surface area contributed by atoms with E-state index >= 15 is 0 Å². The van der Waals surface area contributed by atoms with Crippen LogP contribution < -0.4 is 9.47 Å². The van der Waals surface area contributed by atoms with Crippen LogP contribution in [0.5, 0.6) is 11.5 Å². The van der Waals surface area contributed by atoms with Crippen molar-refractivity contribution in [1.29, 1.82) is 0 Å². The highest BCUT2D eigenvalue weighted by Gasteiger charge is 2.33. The van der Waals surface area contributed by atoms with Crippen molar-refractivity contribution in [1.82, 2.24) is 9.21 Å². The van der Waals surface area contributed by atoms with Gasteiger partial charge in [0.1, 0.15) is 4.90 Å². The van der Waals surface area contributed by atoms with Gasteiger partial charge in [0.15, 0.2) is 11.5 Å². The first kappa shape index (κ1) is 31.6. The number of carbonyl (C=O) groups is 1. The molecule has 2 aromatic carbocycles. The van der Waals surface area contributed by atoms with Gasteiger partial charge in [0, 0.05) is 34.5 Å². The Bertz CT molecular complexity index is 1460. The largest absolute Gasteiger partial charge is 0.493 e. The third-order valence-electron chi connectivity index (χ3n) is 6.87. The summed E-state index contributed by atoms with van der Waals surface area (Å²) in [5.41, 5.74) is 0.956. The second-order valence-corrected chi connectivity index (χ2v) is 13.9. The second-order valence-electron chi connectivity index (χ2n) is 9.77. The summed E-state index contributed by atoms with van der Waals surface area (Å²) in [7, 11) is -1.01. The molecule has 1 aromatic heterocycles. The summed E-state index contributed by atoms with van der Waals surface area (Å²) in [6, 6.07) is 13.9. The van der Waals surface area contributed by atoms with Gasteiger partial charge >= 0.3 is 0 Å². The first-order valence-corrected chi connectivity index (χ1v) is 16.2. The fourth-order valence-corrected chi connectivity index (χ4v) is 7.74. The molecular weight excluding hydrogens is 607 g/mol. The lowest BCUT2D eigenvalue weighted by Crippen LogP contribution is -2.45. The maximum atomic E-state index is 13.9. The molecule has 1 fully saturated rings. The molecule has 0 radical (unpaired) electrons. The van der Waals surface area contributed by atoms with E-state index in [1.54, 1.807) is 30.5 Å². The van der Waals surface area contributed by atoms with Crippen molar-refractivity contribution in [3.8, 4) is 11.5 Å². The maximum Gasteiger partial charge on any atom is 0.245 e. The lowest BCUT2D eigenvalue weighted by Gasteiger charge is -2.29. The van der Waals surface area contributed by atoms with E-state index in [1.165, 1.54) is 22.5 Å². The number of thiophene rings is 1. The molecule has 0 spiro atoms. The van der Waals surface area contributed by atoms with Gasteiger partial charge in [0.25, 0.3) is 0 Å². The number of halogens is 2. The van der Waals surface area contributed by atoms with E-state index in [4.69, 9.17) is 37.4 Å². The summed E-state index contributed by atoms with van der Waals surface area (Å²) < 4.78 is 45.4. The van der Waals surface area contributed by atoms with Crippen LogP contribution >= 0.6 is 34.5 Å². The number of sulfonamides is 1. The Labute approximate surface area is 255 Å². The monoisotopic (exact) mass is 640 g/mol. The molecular formula is C29H34Cl2N2O6S2. The molecule has 1 amide bonds. The predicted octanol–water partition coefficient (Wildman–Crippen LogP) is 5.82. The topological polar surface area (TPSA) is 85.4 Å². The normalized spacial score (nSPS) is 15.3. The fraction of sp³-hybridized carbons (Fsp3) is 0.414. The van der Waals surface area contributed by atoms with Crippen LogP contribution in [0.25, 0.3) is 0 Å². The number of ether oxygens (including phenoxy) is 3. The van der Waals surface area contributed by atoms with Crippen molar-refractivity contribution in [3.63, 3.8) is 0 Å². The molecule has 222 valence electrons. The summed E-state index contributed by atoms with van der Waals surface area (Å²) in [5, 5.41) is 0.277. The van der Waals surface area contributed by atoms with Crippen LogP contribution in [0.15, 0.2) is 53.4 Å². The lowest BCUT2D eigenvalue weighted by atomic mass is 10.1. The SMILES string of the molecule is COc1ccc(CCN(Cc2ccc(C)s2)C(=O)CN(CC2CCCO2)S(=O)(=O)c2cc(Cl)ccc2Cl)cc1OC. The molecule has 8 nitrogen and oxygen atoms in total. The van der Waals surface area contributed by atoms with Crippen LogP contribution in [0.2, 0.25) is 10.0 Å². The average Bonchev–Trinajstić information content (AvgIpc) is 3.62. The van der Waals surface area contributed by atoms with Crippen LogP contribution in [-0.4, -0.2) is 70.1 Å². The number of nitrogens with zero attached hydrogens (tertiary/aromatic N) is 2. The quantitative estimate of drug-likeness (QED) is 0.234. The molecule has 1 aliphatic heterocycles. The molecule has 1 unspecified atom stereocenters. The van der Waals surface area contributed by atoms with Crippen molar-refractivity contribution in [2.75, 3.05) is 40.5 Å². The van der Waals surface area contributed by atoms with Crippen molar-refractivity contribution in [2.45, 2.75) is 43.7 Å². The summed E-state index contributed by atoms with van der Waals surface area (Å²) in [4.78, 5) is 17.6. The van der Waals surface area contributed by atoms with Gasteiger partial charge in [-0.05, 0) is 74.2 Å². The van der Waals surface area contributed by atoms with E-state index in [0.717, 1.165) is 21.7 Å². The van der Waals surface area contributed by atoms with E-state index in [0.29, 0.717) is 44.0 Å². The Kier molecular flexibility index (Phi) is 11.0. The third-order valence-corrected chi connectivity index (χ3v) is 10.4. The second kappa shape index (κ2) is 14.2. The summed E-state index contributed by atoms with van der Waals surface area (Å²) in [6.45, 7) is 2.97. The summed E-state index contributed by atoms with van der Waals surface area (Å²) >= 11 is 14.0. The number of amides is 1. The molecule has 41 heavy (non-hydrogen) atoms. The van der Waals surface area contributed by atoms with Crippen LogP contribution in [0, 0.1) is 6.92 Å². The molecule has 0 bridgehead atoms. The molecule has 12 heteroatoms. The van der Waals surface area contributed by atoms with Crippen molar-refractivity contribution >= 4 is 50.5 Å². The number of rotatable bonds is 13. The zero-order chi connectivity index (χ0) is 29.6.